The Balaban J connectivity index is 2.38. The number of nitrogens with one attached hydrogen (secondary N) is 1. The lowest BCUT2D eigenvalue weighted by Crippen LogP contribution is -2.43. The molecule has 0 aliphatic carbocycles. The van der Waals surface area contributed by atoms with Gasteiger partial charge in [0, 0.05) is 11.6 Å². The highest BCUT2D eigenvalue weighted by molar-refractivity contribution is 7.07. The van der Waals surface area contributed by atoms with Gasteiger partial charge in [-0.15, -0.1) is 0 Å². The van der Waals surface area contributed by atoms with Crippen LogP contribution in [0.4, 0.5) is 0 Å². The third-order valence-corrected chi connectivity index (χ3v) is 2.53. The van der Waals surface area contributed by atoms with E-state index in [2.05, 4.69) is 49.8 Å². The molecule has 0 aliphatic rings. The van der Waals surface area contributed by atoms with E-state index in [9.17, 15) is 0 Å². The quantitative estimate of drug-likeness (QED) is 0.785. The molecule has 1 aromatic rings. The second-order valence-electron chi connectivity index (χ2n) is 4.63. The van der Waals surface area contributed by atoms with Crippen molar-refractivity contribution >= 4 is 11.3 Å². The number of hydrogen-bond acceptors (Lipinski definition) is 2. The maximum atomic E-state index is 3.56. The first-order chi connectivity index (χ1) is 5.97. The van der Waals surface area contributed by atoms with Crippen LogP contribution in [0.5, 0.6) is 0 Å². The number of rotatable bonds is 3. The zero-order chi connectivity index (χ0) is 9.90. The second kappa shape index (κ2) is 4.25. The average Bonchev–Trinajstić information content (AvgIpc) is 2.34. The molecular weight excluding hydrogens is 178 g/mol. The number of hydrogen-bond donors (Lipinski definition) is 1. The van der Waals surface area contributed by atoms with E-state index in [-0.39, 0.29) is 5.54 Å². The molecule has 0 radical (unpaired) electrons. The summed E-state index contributed by atoms with van der Waals surface area (Å²) in [6.45, 7) is 8.86. The van der Waals surface area contributed by atoms with Crippen LogP contribution in [0.3, 0.4) is 0 Å². The monoisotopic (exact) mass is 197 g/mol. The Hall–Kier alpha value is -0.340. The van der Waals surface area contributed by atoms with Crippen molar-refractivity contribution in [2.75, 3.05) is 0 Å². The maximum Gasteiger partial charge on any atom is 0.00991 e. The van der Waals surface area contributed by atoms with Crippen LogP contribution in [0.1, 0.15) is 33.3 Å². The largest absolute Gasteiger partial charge is 0.309 e. The van der Waals surface area contributed by atoms with Gasteiger partial charge in [0.15, 0.2) is 0 Å². The first-order valence-corrected chi connectivity index (χ1v) is 5.70. The topological polar surface area (TPSA) is 12.0 Å². The SMILES string of the molecule is CC(Cc1ccsc1)NC(C)(C)C. The number of thiophene rings is 1. The third kappa shape index (κ3) is 4.44. The van der Waals surface area contributed by atoms with Gasteiger partial charge in [0.05, 0.1) is 0 Å². The van der Waals surface area contributed by atoms with Gasteiger partial charge in [-0.1, -0.05) is 0 Å². The zero-order valence-corrected chi connectivity index (χ0v) is 9.74. The van der Waals surface area contributed by atoms with Crippen LogP contribution in [0, 0.1) is 0 Å². The Labute approximate surface area is 85.2 Å². The smallest absolute Gasteiger partial charge is 0.00991 e. The fourth-order valence-electron chi connectivity index (χ4n) is 1.55. The average molecular weight is 197 g/mol. The molecule has 13 heavy (non-hydrogen) atoms. The minimum Gasteiger partial charge on any atom is -0.309 e. The van der Waals surface area contributed by atoms with Crippen LogP contribution in [-0.2, 0) is 6.42 Å². The van der Waals surface area contributed by atoms with Crippen molar-refractivity contribution in [3.8, 4) is 0 Å². The Morgan fingerprint density at radius 3 is 2.62 bits per heavy atom. The molecule has 1 unspecified atom stereocenters. The highest BCUT2D eigenvalue weighted by Crippen LogP contribution is 2.10. The molecule has 0 spiro atoms. The third-order valence-electron chi connectivity index (χ3n) is 1.80. The molecule has 1 N–H and O–H groups in total. The van der Waals surface area contributed by atoms with Crippen molar-refractivity contribution in [2.24, 2.45) is 0 Å². The van der Waals surface area contributed by atoms with E-state index in [0.29, 0.717) is 6.04 Å². The van der Waals surface area contributed by atoms with Gasteiger partial charge in [0.2, 0.25) is 0 Å². The van der Waals surface area contributed by atoms with Gasteiger partial charge in [-0.25, -0.2) is 0 Å². The van der Waals surface area contributed by atoms with Gasteiger partial charge < -0.3 is 5.32 Å². The maximum absolute atomic E-state index is 3.56. The summed E-state index contributed by atoms with van der Waals surface area (Å²) < 4.78 is 0. The van der Waals surface area contributed by atoms with Gasteiger partial charge in [-0.05, 0) is 56.5 Å². The molecule has 0 saturated heterocycles. The molecule has 1 aromatic heterocycles. The minimum absolute atomic E-state index is 0.218. The van der Waals surface area contributed by atoms with E-state index in [0.717, 1.165) is 6.42 Å². The van der Waals surface area contributed by atoms with Crippen LogP contribution in [-0.4, -0.2) is 11.6 Å². The van der Waals surface area contributed by atoms with Gasteiger partial charge in [0.1, 0.15) is 0 Å². The minimum atomic E-state index is 0.218. The molecule has 0 aromatic carbocycles. The van der Waals surface area contributed by atoms with Gasteiger partial charge >= 0.3 is 0 Å². The summed E-state index contributed by atoms with van der Waals surface area (Å²) in [6, 6.07) is 2.75. The van der Waals surface area contributed by atoms with E-state index >= 15 is 0 Å². The predicted molar refractivity (Wildman–Crippen MR) is 60.4 cm³/mol. The molecule has 0 saturated carbocycles. The lowest BCUT2D eigenvalue weighted by atomic mass is 10.0. The summed E-state index contributed by atoms with van der Waals surface area (Å²) in [4.78, 5) is 0. The highest BCUT2D eigenvalue weighted by atomic mass is 32.1. The van der Waals surface area contributed by atoms with E-state index in [1.165, 1.54) is 5.56 Å². The highest BCUT2D eigenvalue weighted by Gasteiger charge is 2.13. The van der Waals surface area contributed by atoms with Crippen LogP contribution in [0.2, 0.25) is 0 Å². The molecule has 0 aliphatic heterocycles. The second-order valence-corrected chi connectivity index (χ2v) is 5.41. The van der Waals surface area contributed by atoms with Crippen LogP contribution >= 0.6 is 11.3 Å². The van der Waals surface area contributed by atoms with Crippen LogP contribution < -0.4 is 5.32 Å². The van der Waals surface area contributed by atoms with E-state index < -0.39 is 0 Å². The molecule has 0 amide bonds. The Morgan fingerprint density at radius 1 is 1.46 bits per heavy atom. The molecule has 1 heterocycles. The van der Waals surface area contributed by atoms with Crippen molar-refractivity contribution in [1.29, 1.82) is 0 Å². The fourth-order valence-corrected chi connectivity index (χ4v) is 2.23. The summed E-state index contributed by atoms with van der Waals surface area (Å²) in [6.07, 6.45) is 1.13. The Morgan fingerprint density at radius 2 is 2.15 bits per heavy atom. The van der Waals surface area contributed by atoms with Crippen molar-refractivity contribution in [2.45, 2.75) is 45.7 Å². The van der Waals surface area contributed by atoms with Gasteiger partial charge in [-0.2, -0.15) is 11.3 Å². The van der Waals surface area contributed by atoms with Gasteiger partial charge in [-0.3, -0.25) is 0 Å². The molecule has 1 rings (SSSR count). The lowest BCUT2D eigenvalue weighted by Gasteiger charge is -2.25. The van der Waals surface area contributed by atoms with E-state index in [4.69, 9.17) is 0 Å². The van der Waals surface area contributed by atoms with Crippen molar-refractivity contribution in [3.05, 3.63) is 22.4 Å². The molecule has 74 valence electrons. The van der Waals surface area contributed by atoms with Gasteiger partial charge in [0.25, 0.3) is 0 Å². The van der Waals surface area contributed by atoms with Crippen molar-refractivity contribution in [3.63, 3.8) is 0 Å². The Kier molecular flexibility index (Phi) is 3.51. The molecule has 2 heteroatoms. The first kappa shape index (κ1) is 10.7. The first-order valence-electron chi connectivity index (χ1n) is 4.76. The molecule has 1 atom stereocenters. The summed E-state index contributed by atoms with van der Waals surface area (Å²) in [5, 5.41) is 7.92. The Bertz CT molecular complexity index is 233. The van der Waals surface area contributed by atoms with Crippen molar-refractivity contribution in [1.82, 2.24) is 5.32 Å². The van der Waals surface area contributed by atoms with E-state index in [1.54, 1.807) is 11.3 Å². The molecule has 0 bridgehead atoms. The summed E-state index contributed by atoms with van der Waals surface area (Å²) in [5.41, 5.74) is 1.66. The summed E-state index contributed by atoms with van der Waals surface area (Å²) in [7, 11) is 0. The van der Waals surface area contributed by atoms with E-state index in [1.807, 2.05) is 0 Å². The summed E-state index contributed by atoms with van der Waals surface area (Å²) >= 11 is 1.77. The normalized spacial score (nSPS) is 14.5. The molecule has 0 fully saturated rings. The van der Waals surface area contributed by atoms with Crippen molar-refractivity contribution < 1.29 is 0 Å². The molecule has 1 nitrogen and oxygen atoms in total. The standard InChI is InChI=1S/C11H19NS/c1-9(12-11(2,3)4)7-10-5-6-13-8-10/h5-6,8-9,12H,7H2,1-4H3. The fraction of sp³-hybridized carbons (Fsp3) is 0.636. The van der Waals surface area contributed by atoms with Crippen LogP contribution in [0.15, 0.2) is 16.8 Å². The lowest BCUT2D eigenvalue weighted by molar-refractivity contribution is 0.371. The predicted octanol–water partition coefficient (Wildman–Crippen LogP) is 3.07. The van der Waals surface area contributed by atoms with Crippen LogP contribution in [0.25, 0.3) is 0 Å². The zero-order valence-electron chi connectivity index (χ0n) is 8.92. The summed E-state index contributed by atoms with van der Waals surface area (Å²) in [5.74, 6) is 0. The molecular formula is C11H19NS.